The number of aliphatic hydroxyl groups excluding tert-OH is 1. The molecule has 0 heterocycles. The molecule has 0 fully saturated rings. The van der Waals surface area contributed by atoms with Gasteiger partial charge in [0.25, 0.3) is 0 Å². The molecule has 0 aromatic carbocycles. The first kappa shape index (κ1) is 29.0. The van der Waals surface area contributed by atoms with Crippen LogP contribution in [-0.2, 0) is 4.79 Å². The molecule has 1 aliphatic rings. The number of hydrogen-bond donors (Lipinski definition) is 1. The van der Waals surface area contributed by atoms with E-state index in [-0.39, 0.29) is 11.8 Å². The second kappa shape index (κ2) is 18.4. The maximum atomic E-state index is 13.3. The summed E-state index contributed by atoms with van der Waals surface area (Å²) in [6.07, 6.45) is 19.1. The molecule has 0 saturated carbocycles. The van der Waals surface area contributed by atoms with E-state index >= 15 is 0 Å². The number of Topliss-reactive ketones (excluding diaryl/α,β-unsaturated/α-hetero) is 1. The molecule has 0 bridgehead atoms. The van der Waals surface area contributed by atoms with Crippen molar-refractivity contribution in [3.63, 3.8) is 0 Å². The molecule has 1 rings (SSSR count). The van der Waals surface area contributed by atoms with Gasteiger partial charge in [0.15, 0.2) is 0 Å². The smallest absolute Gasteiger partial charge is 0.207 e. The Balaban J connectivity index is 2.81. The summed E-state index contributed by atoms with van der Waals surface area (Å²) in [6, 6.07) is -0.387. The van der Waals surface area contributed by atoms with Crippen LogP contribution < -0.4 is 0 Å². The van der Waals surface area contributed by atoms with Crippen LogP contribution in [0.3, 0.4) is 0 Å². The van der Waals surface area contributed by atoms with Crippen molar-refractivity contribution < 1.29 is 9.90 Å². The summed E-state index contributed by atoms with van der Waals surface area (Å²) in [5.74, 6) is 0.520. The van der Waals surface area contributed by atoms with Crippen LogP contribution in [-0.4, -0.2) is 52.9 Å². The molecule has 0 aromatic rings. The standard InChI is InChI=1S/C28H54N2O2/c1-5-9-13-17-21-29(22-18-14-10-6-2)25-27(31)26(28(25)32)30(23-19-15-11-7-3)24-20-16-12-8-4/h25,31H,5-24H2,1-4H3. The Bertz CT molecular complexity index is 494. The number of rotatable bonds is 22. The van der Waals surface area contributed by atoms with Gasteiger partial charge < -0.3 is 10.0 Å². The molecular weight excluding hydrogens is 396 g/mol. The first-order valence-corrected chi connectivity index (χ1v) is 14.1. The second-order valence-corrected chi connectivity index (χ2v) is 9.77. The molecule has 1 unspecified atom stereocenters. The number of hydrogen-bond acceptors (Lipinski definition) is 4. The maximum Gasteiger partial charge on any atom is 0.207 e. The Kier molecular flexibility index (Phi) is 16.7. The van der Waals surface area contributed by atoms with Crippen LogP contribution in [0.2, 0.25) is 0 Å². The first-order chi connectivity index (χ1) is 15.6. The second-order valence-electron chi connectivity index (χ2n) is 9.77. The third kappa shape index (κ3) is 10.3. The van der Waals surface area contributed by atoms with Crippen molar-refractivity contribution in [2.24, 2.45) is 0 Å². The average Bonchev–Trinajstić information content (AvgIpc) is 2.79. The molecule has 0 spiro atoms. The molecule has 1 atom stereocenters. The van der Waals surface area contributed by atoms with Crippen molar-refractivity contribution >= 4 is 5.78 Å². The van der Waals surface area contributed by atoms with Crippen LogP contribution >= 0.6 is 0 Å². The van der Waals surface area contributed by atoms with Gasteiger partial charge in [-0.05, 0) is 38.8 Å². The predicted octanol–water partition coefficient (Wildman–Crippen LogP) is 7.63. The number of ketones is 1. The number of unbranched alkanes of at least 4 members (excludes halogenated alkanes) is 12. The summed E-state index contributed by atoms with van der Waals surface area (Å²) >= 11 is 0. The highest BCUT2D eigenvalue weighted by molar-refractivity contribution is 6.08. The Morgan fingerprint density at radius 1 is 0.594 bits per heavy atom. The summed E-state index contributed by atoms with van der Waals surface area (Å²) in [5.41, 5.74) is 0.634. The zero-order valence-corrected chi connectivity index (χ0v) is 22.0. The molecule has 0 aromatic heterocycles. The Morgan fingerprint density at radius 3 is 1.31 bits per heavy atom. The van der Waals surface area contributed by atoms with E-state index in [0.717, 1.165) is 51.9 Å². The lowest BCUT2D eigenvalue weighted by Gasteiger charge is -2.41. The minimum Gasteiger partial charge on any atom is -0.508 e. The lowest BCUT2D eigenvalue weighted by atomic mass is 9.90. The molecule has 0 radical (unpaired) electrons. The summed E-state index contributed by atoms with van der Waals surface area (Å²) in [6.45, 7) is 12.6. The van der Waals surface area contributed by atoms with Crippen LogP contribution in [0.5, 0.6) is 0 Å². The van der Waals surface area contributed by atoms with Crippen LogP contribution in [0, 0.1) is 0 Å². The number of carbonyl (C=O) groups excluding carboxylic acids is 1. The van der Waals surface area contributed by atoms with Crippen LogP contribution in [0.25, 0.3) is 0 Å². The van der Waals surface area contributed by atoms with Gasteiger partial charge >= 0.3 is 0 Å². The molecule has 1 aliphatic carbocycles. The van der Waals surface area contributed by atoms with Gasteiger partial charge in [-0.1, -0.05) is 105 Å². The van der Waals surface area contributed by atoms with Crippen molar-refractivity contribution in [1.82, 2.24) is 9.80 Å². The minimum atomic E-state index is -0.387. The lowest BCUT2D eigenvalue weighted by Crippen LogP contribution is -2.54. The third-order valence-corrected chi connectivity index (χ3v) is 6.83. The summed E-state index contributed by atoms with van der Waals surface area (Å²) in [7, 11) is 0. The lowest BCUT2D eigenvalue weighted by molar-refractivity contribution is -0.126. The summed E-state index contributed by atoms with van der Waals surface area (Å²) < 4.78 is 0. The minimum absolute atomic E-state index is 0.166. The van der Waals surface area contributed by atoms with E-state index in [1.165, 1.54) is 77.0 Å². The molecule has 32 heavy (non-hydrogen) atoms. The molecule has 0 saturated heterocycles. The molecule has 4 heteroatoms. The predicted molar refractivity (Wildman–Crippen MR) is 138 cm³/mol. The van der Waals surface area contributed by atoms with Gasteiger partial charge in [0.1, 0.15) is 17.5 Å². The van der Waals surface area contributed by atoms with Crippen molar-refractivity contribution in [3.05, 3.63) is 11.5 Å². The van der Waals surface area contributed by atoms with Gasteiger partial charge in [-0.3, -0.25) is 9.69 Å². The number of carbonyl (C=O) groups is 1. The molecule has 4 nitrogen and oxygen atoms in total. The largest absolute Gasteiger partial charge is 0.508 e. The van der Waals surface area contributed by atoms with Crippen LogP contribution in [0.15, 0.2) is 11.5 Å². The normalized spacial score (nSPS) is 16.2. The van der Waals surface area contributed by atoms with E-state index in [2.05, 4.69) is 37.5 Å². The SMILES string of the molecule is CCCCCCN(CCCCCC)C1=C(O)C(N(CCCCCC)CCCCCC)C1=O. The topological polar surface area (TPSA) is 43.8 Å². The molecular formula is C28H54N2O2. The number of aliphatic hydroxyl groups is 1. The maximum absolute atomic E-state index is 13.3. The Labute approximate surface area is 199 Å². The van der Waals surface area contributed by atoms with Gasteiger partial charge in [0, 0.05) is 13.1 Å². The van der Waals surface area contributed by atoms with Gasteiger partial charge in [-0.15, -0.1) is 0 Å². The van der Waals surface area contributed by atoms with Crippen molar-refractivity contribution in [3.8, 4) is 0 Å². The first-order valence-electron chi connectivity index (χ1n) is 14.1. The highest BCUT2D eigenvalue weighted by Gasteiger charge is 2.45. The summed E-state index contributed by atoms with van der Waals surface area (Å²) in [4.78, 5) is 17.8. The van der Waals surface area contributed by atoms with Crippen molar-refractivity contribution in [1.29, 1.82) is 0 Å². The molecule has 0 amide bonds. The van der Waals surface area contributed by atoms with Gasteiger partial charge in [0.2, 0.25) is 5.78 Å². The Morgan fingerprint density at radius 2 is 0.969 bits per heavy atom. The summed E-state index contributed by atoms with van der Waals surface area (Å²) in [5, 5.41) is 11.1. The quantitative estimate of drug-likeness (QED) is 0.172. The number of nitrogens with zero attached hydrogens (tertiary/aromatic N) is 2. The zero-order valence-electron chi connectivity index (χ0n) is 22.0. The molecule has 1 N–H and O–H groups in total. The fourth-order valence-corrected chi connectivity index (χ4v) is 4.74. The monoisotopic (exact) mass is 450 g/mol. The van der Waals surface area contributed by atoms with Gasteiger partial charge in [-0.25, -0.2) is 0 Å². The van der Waals surface area contributed by atoms with E-state index < -0.39 is 0 Å². The fraction of sp³-hybridized carbons (Fsp3) is 0.893. The fourth-order valence-electron chi connectivity index (χ4n) is 4.74. The average molecular weight is 451 g/mol. The highest BCUT2D eigenvalue weighted by atomic mass is 16.3. The van der Waals surface area contributed by atoms with Crippen LogP contribution in [0.4, 0.5) is 0 Å². The van der Waals surface area contributed by atoms with Crippen LogP contribution in [0.1, 0.15) is 130 Å². The third-order valence-electron chi connectivity index (χ3n) is 6.83. The van der Waals surface area contributed by atoms with E-state index in [0.29, 0.717) is 11.5 Å². The molecule has 188 valence electrons. The molecule has 0 aliphatic heterocycles. The van der Waals surface area contributed by atoms with Gasteiger partial charge in [0.05, 0.1) is 0 Å². The van der Waals surface area contributed by atoms with E-state index in [4.69, 9.17) is 0 Å². The Hall–Kier alpha value is -1.03. The van der Waals surface area contributed by atoms with E-state index in [1.807, 2.05) is 0 Å². The van der Waals surface area contributed by atoms with E-state index in [9.17, 15) is 9.90 Å². The highest BCUT2D eigenvalue weighted by Crippen LogP contribution is 2.31. The van der Waals surface area contributed by atoms with Crippen molar-refractivity contribution in [2.45, 2.75) is 136 Å². The van der Waals surface area contributed by atoms with Gasteiger partial charge in [-0.2, -0.15) is 0 Å². The van der Waals surface area contributed by atoms with E-state index in [1.54, 1.807) is 0 Å². The van der Waals surface area contributed by atoms with Crippen molar-refractivity contribution in [2.75, 3.05) is 26.2 Å². The zero-order chi connectivity index (χ0) is 23.6.